The Bertz CT molecular complexity index is 975. The first-order valence-corrected chi connectivity index (χ1v) is 23.3. The van der Waals surface area contributed by atoms with Crippen LogP contribution >= 0.6 is 0 Å². The molecule has 0 radical (unpaired) electrons. The molecule has 1 aliphatic rings. The van der Waals surface area contributed by atoms with Crippen molar-refractivity contribution in [3.05, 3.63) is 35.5 Å². The van der Waals surface area contributed by atoms with Gasteiger partial charge in [-0.25, -0.2) is 0 Å². The standard InChI is InChI=1S/C41H78O3Si2/c1-29(2)45(30(3)4,31(5)6)43-28-27-41(17)37(15)23-25-39(41)24-22-36(14)40(42)26-21-35(13)19-18-20-38(16)44-46(32(7)8,33(9)10)34(11)12/h19,22,29-34,38-39H,15,18,20-21,23-28H2,1-14,16-17H3/b35-19+,36-22-/t38?,39-,41-/m0/s1. The smallest absolute Gasteiger partial charge is 0.200 e. The Kier molecular flexibility index (Phi) is 17.7. The Balaban J connectivity index is 2.72. The van der Waals surface area contributed by atoms with Crippen LogP contribution in [0.25, 0.3) is 0 Å². The lowest BCUT2D eigenvalue weighted by Crippen LogP contribution is -2.49. The molecule has 0 aromatic heterocycles. The summed E-state index contributed by atoms with van der Waals surface area (Å²) in [7, 11) is -3.73. The van der Waals surface area contributed by atoms with Gasteiger partial charge in [0.2, 0.25) is 8.32 Å². The fourth-order valence-electron chi connectivity index (χ4n) is 9.36. The Labute approximate surface area is 290 Å². The average Bonchev–Trinajstić information content (AvgIpc) is 3.22. The monoisotopic (exact) mass is 675 g/mol. The predicted octanol–water partition coefficient (Wildman–Crippen LogP) is 13.5. The first-order chi connectivity index (χ1) is 21.2. The van der Waals surface area contributed by atoms with Gasteiger partial charge in [0.05, 0.1) is 0 Å². The number of hydrogen-bond acceptors (Lipinski definition) is 3. The minimum absolute atomic E-state index is 0.0761. The summed E-state index contributed by atoms with van der Waals surface area (Å²) < 4.78 is 13.9. The van der Waals surface area contributed by atoms with E-state index in [4.69, 9.17) is 8.85 Å². The van der Waals surface area contributed by atoms with Crippen molar-refractivity contribution >= 4 is 22.4 Å². The van der Waals surface area contributed by atoms with Gasteiger partial charge in [0.15, 0.2) is 14.1 Å². The largest absolute Gasteiger partial charge is 0.416 e. The van der Waals surface area contributed by atoms with E-state index in [1.54, 1.807) is 0 Å². The van der Waals surface area contributed by atoms with Crippen molar-refractivity contribution in [3.8, 4) is 0 Å². The fraction of sp³-hybridized carbons (Fsp3) is 0.829. The lowest BCUT2D eigenvalue weighted by atomic mass is 9.73. The van der Waals surface area contributed by atoms with Crippen molar-refractivity contribution in [1.82, 2.24) is 0 Å². The molecular weight excluding hydrogens is 597 g/mol. The molecule has 1 fully saturated rings. The molecule has 0 aromatic carbocycles. The summed E-state index contributed by atoms with van der Waals surface area (Å²) in [5.41, 5.74) is 7.31. The van der Waals surface area contributed by atoms with E-state index < -0.39 is 16.6 Å². The summed E-state index contributed by atoms with van der Waals surface area (Å²) in [5, 5.41) is 0. The van der Waals surface area contributed by atoms with Gasteiger partial charge in [0.1, 0.15) is 0 Å². The number of carbonyl (C=O) groups is 1. The van der Waals surface area contributed by atoms with E-state index in [0.717, 1.165) is 57.1 Å². The van der Waals surface area contributed by atoms with Gasteiger partial charge in [0, 0.05) is 19.1 Å². The van der Waals surface area contributed by atoms with Gasteiger partial charge in [-0.1, -0.05) is 120 Å². The van der Waals surface area contributed by atoms with Crippen LogP contribution in [0.4, 0.5) is 0 Å². The maximum atomic E-state index is 13.1. The number of allylic oxidation sites excluding steroid dienone is 5. The van der Waals surface area contributed by atoms with Crippen LogP contribution in [-0.2, 0) is 13.6 Å². The predicted molar refractivity (Wildman–Crippen MR) is 209 cm³/mol. The van der Waals surface area contributed by atoms with Gasteiger partial charge in [-0.15, -0.1) is 0 Å². The third-order valence-electron chi connectivity index (χ3n) is 12.3. The lowest BCUT2D eigenvalue weighted by molar-refractivity contribution is -0.115. The molecule has 3 atom stereocenters. The van der Waals surface area contributed by atoms with Crippen molar-refractivity contribution < 1.29 is 13.6 Å². The van der Waals surface area contributed by atoms with Crippen LogP contribution in [0, 0.1) is 11.3 Å². The van der Waals surface area contributed by atoms with Gasteiger partial charge in [-0.05, 0) is 116 Å². The molecule has 0 bridgehead atoms. The molecule has 0 spiro atoms. The second kappa shape index (κ2) is 18.9. The zero-order chi connectivity index (χ0) is 35.6. The van der Waals surface area contributed by atoms with E-state index in [1.807, 2.05) is 6.92 Å². The van der Waals surface area contributed by atoms with Crippen LogP contribution in [0.5, 0.6) is 0 Å². The highest BCUT2D eigenvalue weighted by Crippen LogP contribution is 2.51. The van der Waals surface area contributed by atoms with Crippen LogP contribution in [0.2, 0.25) is 33.2 Å². The first-order valence-electron chi connectivity index (χ1n) is 19.0. The molecule has 5 heteroatoms. The van der Waals surface area contributed by atoms with E-state index in [1.165, 1.54) is 11.1 Å². The zero-order valence-electron chi connectivity index (χ0n) is 33.6. The molecule has 46 heavy (non-hydrogen) atoms. The van der Waals surface area contributed by atoms with E-state index in [9.17, 15) is 4.79 Å². The van der Waals surface area contributed by atoms with Crippen LogP contribution < -0.4 is 0 Å². The number of hydrogen-bond donors (Lipinski definition) is 0. The Morgan fingerprint density at radius 2 is 1.33 bits per heavy atom. The maximum absolute atomic E-state index is 13.1. The number of ketones is 1. The Morgan fingerprint density at radius 1 is 0.826 bits per heavy atom. The summed E-state index contributed by atoms with van der Waals surface area (Å²) in [4.78, 5) is 13.1. The van der Waals surface area contributed by atoms with Gasteiger partial charge < -0.3 is 8.85 Å². The van der Waals surface area contributed by atoms with Crippen molar-refractivity contribution in [2.45, 2.75) is 201 Å². The highest BCUT2D eigenvalue weighted by Gasteiger charge is 2.47. The normalized spacial score (nSPS) is 21.3. The molecule has 1 unspecified atom stereocenters. The molecule has 3 nitrogen and oxygen atoms in total. The summed E-state index contributed by atoms with van der Waals surface area (Å²) in [6, 6.07) is 0. The van der Waals surface area contributed by atoms with Crippen molar-refractivity contribution in [2.75, 3.05) is 6.61 Å². The number of Topliss-reactive ketones (excluding diaryl/α,β-unsaturated/α-hetero) is 1. The molecule has 0 saturated heterocycles. The average molecular weight is 675 g/mol. The topological polar surface area (TPSA) is 35.5 Å². The molecule has 0 aromatic rings. The van der Waals surface area contributed by atoms with Gasteiger partial charge in [0.25, 0.3) is 0 Å². The highest BCUT2D eigenvalue weighted by molar-refractivity contribution is 6.78. The molecule has 1 saturated carbocycles. The molecule has 0 heterocycles. The molecule has 1 rings (SSSR count). The molecule has 0 aliphatic heterocycles. The SMILES string of the molecule is C=C1CC[C@H](C/C=C(/C)C(=O)CC/C(C)=C/CCC(C)O[Si](C(C)C)(C(C)C)C(C)C)[C@@]1(C)CCO[Si](C(C)C)(C(C)C)C(C)C. The van der Waals surface area contributed by atoms with E-state index in [-0.39, 0.29) is 17.3 Å². The molecule has 0 amide bonds. The molecule has 268 valence electrons. The van der Waals surface area contributed by atoms with Crippen molar-refractivity contribution in [3.63, 3.8) is 0 Å². The fourth-order valence-corrected chi connectivity index (χ4v) is 20.4. The number of carbonyl (C=O) groups excluding carboxylic acids is 1. The second-order valence-corrected chi connectivity index (χ2v) is 28.0. The van der Waals surface area contributed by atoms with Crippen LogP contribution in [0.1, 0.15) is 162 Å². The third kappa shape index (κ3) is 10.6. The Hall–Kier alpha value is -0.756. The highest BCUT2D eigenvalue weighted by atomic mass is 28.4. The van der Waals surface area contributed by atoms with Gasteiger partial charge >= 0.3 is 0 Å². The van der Waals surface area contributed by atoms with E-state index >= 15 is 0 Å². The van der Waals surface area contributed by atoms with E-state index in [2.05, 4.69) is 123 Å². The second-order valence-electron chi connectivity index (χ2n) is 17.1. The van der Waals surface area contributed by atoms with Crippen molar-refractivity contribution in [1.29, 1.82) is 0 Å². The summed E-state index contributed by atoms with van der Waals surface area (Å²) in [6.45, 7) is 42.5. The lowest BCUT2D eigenvalue weighted by Gasteiger charge is -2.44. The van der Waals surface area contributed by atoms with Crippen LogP contribution in [-0.4, -0.2) is 35.1 Å². The zero-order valence-corrected chi connectivity index (χ0v) is 35.6. The third-order valence-corrected chi connectivity index (χ3v) is 24.6. The summed E-state index contributed by atoms with van der Waals surface area (Å²) in [6.07, 6.45) is 12.5. The van der Waals surface area contributed by atoms with Gasteiger partial charge in [-0.2, -0.15) is 0 Å². The van der Waals surface area contributed by atoms with Crippen molar-refractivity contribution in [2.24, 2.45) is 11.3 Å². The van der Waals surface area contributed by atoms with Gasteiger partial charge in [-0.3, -0.25) is 4.79 Å². The first kappa shape index (κ1) is 43.3. The minimum atomic E-state index is -1.88. The molecule has 1 aliphatic carbocycles. The van der Waals surface area contributed by atoms with Crippen LogP contribution in [0.3, 0.4) is 0 Å². The minimum Gasteiger partial charge on any atom is -0.416 e. The molecular formula is C41H78O3Si2. The summed E-state index contributed by atoms with van der Waals surface area (Å²) >= 11 is 0. The summed E-state index contributed by atoms with van der Waals surface area (Å²) in [5.74, 6) is 0.809. The van der Waals surface area contributed by atoms with E-state index in [0.29, 0.717) is 45.6 Å². The quantitative estimate of drug-likeness (QED) is 0.0690. The number of rotatable bonds is 21. The molecule has 0 N–H and O–H groups in total. The maximum Gasteiger partial charge on any atom is 0.200 e. The van der Waals surface area contributed by atoms with Crippen LogP contribution in [0.15, 0.2) is 35.5 Å². The Morgan fingerprint density at radius 3 is 1.80 bits per heavy atom.